The van der Waals surface area contributed by atoms with Crippen molar-refractivity contribution in [3.8, 4) is 0 Å². The molecule has 1 aliphatic rings. The van der Waals surface area contributed by atoms with E-state index in [0.717, 1.165) is 0 Å². The van der Waals surface area contributed by atoms with Gasteiger partial charge >= 0.3 is 11.9 Å². The molecule has 1 aliphatic carbocycles. The number of hydrogen-bond acceptors (Lipinski definition) is 6. The summed E-state index contributed by atoms with van der Waals surface area (Å²) < 4.78 is 33.8. The Morgan fingerprint density at radius 2 is 1.71 bits per heavy atom. The highest BCUT2D eigenvalue weighted by Gasteiger charge is 2.47. The Kier molecular flexibility index (Phi) is 5.41. The third-order valence-corrected chi connectivity index (χ3v) is 5.15. The molecule has 0 unspecified atom stereocenters. The van der Waals surface area contributed by atoms with E-state index in [-0.39, 0.29) is 24.3 Å². The van der Waals surface area contributed by atoms with E-state index in [1.165, 1.54) is 7.11 Å². The predicted molar refractivity (Wildman–Crippen MR) is 77.4 cm³/mol. The van der Waals surface area contributed by atoms with Crippen molar-refractivity contribution in [3.63, 3.8) is 0 Å². The Morgan fingerprint density at radius 3 is 2.14 bits per heavy atom. The van der Waals surface area contributed by atoms with E-state index in [9.17, 15) is 18.0 Å². The second kappa shape index (κ2) is 6.34. The van der Waals surface area contributed by atoms with E-state index in [1.54, 1.807) is 20.8 Å². The third-order valence-electron chi connectivity index (χ3n) is 3.27. The van der Waals surface area contributed by atoms with E-state index in [1.807, 2.05) is 0 Å². The normalized spacial score (nSPS) is 17.1. The Hall–Kier alpha value is -1.11. The molecule has 0 aromatic carbocycles. The Morgan fingerprint density at radius 1 is 1.14 bits per heavy atom. The summed E-state index contributed by atoms with van der Waals surface area (Å²) in [5.41, 5.74) is -1.11. The van der Waals surface area contributed by atoms with Crippen LogP contribution in [0.2, 0.25) is 0 Å². The fourth-order valence-corrected chi connectivity index (χ4v) is 4.04. The summed E-state index contributed by atoms with van der Waals surface area (Å²) >= 11 is 0. The SMILES string of the molecule is COC(=O)CC1(CS(=O)(=O)CCC(=O)OC(C)(C)C)CC1. The summed E-state index contributed by atoms with van der Waals surface area (Å²) in [7, 11) is -2.10. The second-order valence-corrected chi connectivity index (χ2v) is 8.87. The number of esters is 2. The summed E-state index contributed by atoms with van der Waals surface area (Å²) in [4.78, 5) is 22.8. The van der Waals surface area contributed by atoms with Crippen LogP contribution in [-0.4, -0.2) is 44.6 Å². The minimum absolute atomic E-state index is 0.0715. The molecule has 0 bridgehead atoms. The number of carbonyl (C=O) groups excluding carboxylic acids is 2. The number of ether oxygens (including phenoxy) is 2. The summed E-state index contributed by atoms with van der Waals surface area (Å²) in [5.74, 6) is -1.23. The largest absolute Gasteiger partial charge is 0.469 e. The van der Waals surface area contributed by atoms with Gasteiger partial charge in [-0.1, -0.05) is 0 Å². The van der Waals surface area contributed by atoms with Crippen LogP contribution in [0.15, 0.2) is 0 Å². The van der Waals surface area contributed by atoms with Gasteiger partial charge in [-0.15, -0.1) is 0 Å². The lowest BCUT2D eigenvalue weighted by molar-refractivity contribution is -0.154. The number of rotatable bonds is 7. The number of sulfone groups is 1. The molecule has 0 radical (unpaired) electrons. The Labute approximate surface area is 126 Å². The molecule has 0 heterocycles. The van der Waals surface area contributed by atoms with Gasteiger partial charge in [0.2, 0.25) is 0 Å². The van der Waals surface area contributed by atoms with Crippen LogP contribution in [0.1, 0.15) is 46.5 Å². The molecule has 1 rings (SSSR count). The van der Waals surface area contributed by atoms with Crippen molar-refractivity contribution >= 4 is 21.8 Å². The van der Waals surface area contributed by atoms with Crippen molar-refractivity contribution in [3.05, 3.63) is 0 Å². The van der Waals surface area contributed by atoms with Gasteiger partial charge < -0.3 is 9.47 Å². The molecule has 122 valence electrons. The fourth-order valence-electron chi connectivity index (χ4n) is 2.10. The first-order valence-electron chi connectivity index (χ1n) is 6.96. The first-order valence-corrected chi connectivity index (χ1v) is 8.78. The highest BCUT2D eigenvalue weighted by molar-refractivity contribution is 7.91. The predicted octanol–water partition coefficient (Wildman–Crippen LogP) is 1.48. The first kappa shape index (κ1) is 17.9. The molecule has 0 aliphatic heterocycles. The van der Waals surface area contributed by atoms with Gasteiger partial charge in [-0.05, 0) is 39.0 Å². The highest BCUT2D eigenvalue weighted by Crippen LogP contribution is 2.50. The van der Waals surface area contributed by atoms with Gasteiger partial charge in [0.15, 0.2) is 9.84 Å². The molecular weight excluding hydrogens is 296 g/mol. The van der Waals surface area contributed by atoms with Crippen molar-refractivity contribution in [1.29, 1.82) is 0 Å². The van der Waals surface area contributed by atoms with Crippen LogP contribution in [0.25, 0.3) is 0 Å². The van der Waals surface area contributed by atoms with Crippen molar-refractivity contribution in [2.75, 3.05) is 18.6 Å². The maximum absolute atomic E-state index is 12.1. The molecule has 1 fully saturated rings. The first-order chi connectivity index (χ1) is 9.47. The smallest absolute Gasteiger partial charge is 0.307 e. The molecule has 0 atom stereocenters. The number of methoxy groups -OCH3 is 1. The molecule has 0 aromatic heterocycles. The van der Waals surface area contributed by atoms with Crippen molar-refractivity contribution < 1.29 is 27.5 Å². The topological polar surface area (TPSA) is 86.7 Å². The maximum Gasteiger partial charge on any atom is 0.307 e. The zero-order valence-corrected chi connectivity index (χ0v) is 13.9. The van der Waals surface area contributed by atoms with Crippen LogP contribution in [0.4, 0.5) is 0 Å². The molecule has 6 nitrogen and oxygen atoms in total. The van der Waals surface area contributed by atoms with Gasteiger partial charge in [-0.3, -0.25) is 9.59 Å². The highest BCUT2D eigenvalue weighted by atomic mass is 32.2. The van der Waals surface area contributed by atoms with Gasteiger partial charge in [0.1, 0.15) is 5.60 Å². The van der Waals surface area contributed by atoms with Crippen molar-refractivity contribution in [2.24, 2.45) is 5.41 Å². The third kappa shape index (κ3) is 6.93. The second-order valence-electron chi connectivity index (χ2n) is 6.68. The Balaban J connectivity index is 2.48. The van der Waals surface area contributed by atoms with Gasteiger partial charge in [-0.2, -0.15) is 0 Å². The van der Waals surface area contributed by atoms with Crippen LogP contribution in [0.3, 0.4) is 0 Å². The van der Waals surface area contributed by atoms with Gasteiger partial charge in [0.05, 0.1) is 31.5 Å². The molecular formula is C14H24O6S. The molecule has 0 spiro atoms. The molecule has 7 heteroatoms. The summed E-state index contributed by atoms with van der Waals surface area (Å²) in [6.07, 6.45) is 1.37. The van der Waals surface area contributed by atoms with E-state index in [4.69, 9.17) is 4.74 Å². The lowest BCUT2D eigenvalue weighted by Crippen LogP contribution is -2.27. The van der Waals surface area contributed by atoms with Gasteiger partial charge in [0, 0.05) is 0 Å². The summed E-state index contributed by atoms with van der Waals surface area (Å²) in [5, 5.41) is 0. The van der Waals surface area contributed by atoms with Crippen molar-refractivity contribution in [1.82, 2.24) is 0 Å². The summed E-state index contributed by atoms with van der Waals surface area (Å²) in [6, 6.07) is 0. The van der Waals surface area contributed by atoms with E-state index in [0.29, 0.717) is 12.8 Å². The number of hydrogen-bond donors (Lipinski definition) is 0. The van der Waals surface area contributed by atoms with Crippen LogP contribution in [0, 0.1) is 5.41 Å². The minimum Gasteiger partial charge on any atom is -0.469 e. The zero-order valence-electron chi connectivity index (χ0n) is 13.1. The van der Waals surface area contributed by atoms with Crippen LogP contribution >= 0.6 is 0 Å². The average Bonchev–Trinajstić information content (AvgIpc) is 3.03. The molecule has 0 N–H and O–H groups in total. The molecule has 0 amide bonds. The van der Waals surface area contributed by atoms with Crippen LogP contribution < -0.4 is 0 Å². The van der Waals surface area contributed by atoms with Crippen molar-refractivity contribution in [2.45, 2.75) is 52.1 Å². The fraction of sp³-hybridized carbons (Fsp3) is 0.857. The van der Waals surface area contributed by atoms with Crippen LogP contribution in [0.5, 0.6) is 0 Å². The molecule has 1 saturated carbocycles. The van der Waals surface area contributed by atoms with Gasteiger partial charge in [-0.25, -0.2) is 8.42 Å². The Bertz CT molecular complexity index is 496. The van der Waals surface area contributed by atoms with Crippen LogP contribution in [-0.2, 0) is 28.9 Å². The lowest BCUT2D eigenvalue weighted by Gasteiger charge is -2.19. The van der Waals surface area contributed by atoms with Gasteiger partial charge in [0.25, 0.3) is 0 Å². The van der Waals surface area contributed by atoms with E-state index >= 15 is 0 Å². The van der Waals surface area contributed by atoms with E-state index in [2.05, 4.69) is 4.74 Å². The maximum atomic E-state index is 12.1. The monoisotopic (exact) mass is 320 g/mol. The zero-order chi connectivity index (χ0) is 16.3. The molecule has 0 aromatic rings. The van der Waals surface area contributed by atoms with E-state index < -0.39 is 32.8 Å². The molecule has 21 heavy (non-hydrogen) atoms. The lowest BCUT2D eigenvalue weighted by atomic mass is 10.1. The quantitative estimate of drug-likeness (QED) is 0.660. The molecule has 0 saturated heterocycles. The minimum atomic E-state index is -3.39. The number of carbonyl (C=O) groups is 2. The summed E-state index contributed by atoms with van der Waals surface area (Å²) in [6.45, 7) is 5.19. The average molecular weight is 320 g/mol. The standard InChI is InChI=1S/C14H24O6S/c1-13(2,3)20-11(15)5-8-21(17,18)10-14(6-7-14)9-12(16)19-4/h5-10H2,1-4H3.